The highest BCUT2D eigenvalue weighted by Gasteiger charge is 2.48. The Kier molecular flexibility index (Phi) is 7.89. The van der Waals surface area contributed by atoms with Crippen LogP contribution in [-0.4, -0.2) is 28.6 Å². The van der Waals surface area contributed by atoms with E-state index in [1.165, 1.54) is 11.1 Å². The molecule has 0 aliphatic rings. The van der Waals surface area contributed by atoms with Crippen LogP contribution >= 0.6 is 0 Å². The molecule has 0 saturated heterocycles. The molecule has 0 fully saturated rings. The van der Waals surface area contributed by atoms with Crippen LogP contribution in [0.2, 0.25) is 0 Å². The van der Waals surface area contributed by atoms with Crippen molar-refractivity contribution in [1.82, 2.24) is 0 Å². The molecule has 0 radical (unpaired) electrons. The molecule has 0 saturated carbocycles. The van der Waals surface area contributed by atoms with Crippen LogP contribution in [-0.2, 0) is 13.3 Å². The average molecular weight is 308 g/mol. The van der Waals surface area contributed by atoms with Gasteiger partial charge in [-0.1, -0.05) is 42.0 Å². The predicted molar refractivity (Wildman–Crippen MR) is 89.2 cm³/mol. The molecule has 0 spiro atoms. The molecule has 1 atom stereocenters. The summed E-state index contributed by atoms with van der Waals surface area (Å²) in [6, 6.07) is 10.3. The highest BCUT2D eigenvalue weighted by molar-refractivity contribution is 6.63. The maximum atomic E-state index is 6.08. The minimum absolute atomic E-state index is 0.0311. The Morgan fingerprint density at radius 2 is 1.43 bits per heavy atom. The summed E-state index contributed by atoms with van der Waals surface area (Å²) in [4.78, 5) is 0. The predicted octanol–water partition coefficient (Wildman–Crippen LogP) is 4.32. The van der Waals surface area contributed by atoms with Crippen LogP contribution in [0.5, 0.6) is 0 Å². The lowest BCUT2D eigenvalue weighted by Gasteiger charge is -2.34. The van der Waals surface area contributed by atoms with Crippen LogP contribution in [0.3, 0.4) is 0 Å². The van der Waals surface area contributed by atoms with E-state index in [9.17, 15) is 0 Å². The van der Waals surface area contributed by atoms with Gasteiger partial charge in [0.1, 0.15) is 0 Å². The zero-order valence-electron chi connectivity index (χ0n) is 13.9. The van der Waals surface area contributed by atoms with Gasteiger partial charge in [0.05, 0.1) is 5.54 Å². The molecule has 4 heteroatoms. The third kappa shape index (κ3) is 5.07. The van der Waals surface area contributed by atoms with Crippen molar-refractivity contribution in [3.63, 3.8) is 0 Å². The van der Waals surface area contributed by atoms with Gasteiger partial charge < -0.3 is 13.3 Å². The number of benzene rings is 1. The molecule has 0 aliphatic heterocycles. The van der Waals surface area contributed by atoms with Crippen molar-refractivity contribution in [1.29, 1.82) is 0 Å². The van der Waals surface area contributed by atoms with Gasteiger partial charge >= 0.3 is 8.80 Å². The summed E-state index contributed by atoms with van der Waals surface area (Å²) in [5.74, 6) is 0. The van der Waals surface area contributed by atoms with Gasteiger partial charge in [-0.3, -0.25) is 0 Å². The van der Waals surface area contributed by atoms with Gasteiger partial charge in [-0.15, -0.1) is 0 Å². The monoisotopic (exact) mass is 308 g/mol. The molecule has 118 valence electrons. The van der Waals surface area contributed by atoms with E-state index < -0.39 is 8.80 Å². The van der Waals surface area contributed by atoms with Crippen molar-refractivity contribution in [3.05, 3.63) is 47.5 Å². The SMILES string of the molecule is CCO[Si](OCC)(OCC)[C@@H](C=C(C)C)c1ccccc1. The molecular formula is C17H28O3Si. The van der Waals surface area contributed by atoms with Crippen molar-refractivity contribution in [2.45, 2.75) is 40.2 Å². The fourth-order valence-corrected chi connectivity index (χ4v) is 5.53. The summed E-state index contributed by atoms with van der Waals surface area (Å²) in [6.45, 7) is 11.9. The van der Waals surface area contributed by atoms with E-state index in [2.05, 4.69) is 32.1 Å². The van der Waals surface area contributed by atoms with E-state index in [1.807, 2.05) is 39.0 Å². The van der Waals surface area contributed by atoms with Crippen molar-refractivity contribution in [2.75, 3.05) is 19.8 Å². The zero-order valence-corrected chi connectivity index (χ0v) is 14.9. The summed E-state index contributed by atoms with van der Waals surface area (Å²) < 4.78 is 18.2. The van der Waals surface area contributed by atoms with E-state index in [1.54, 1.807) is 0 Å². The number of rotatable bonds is 9. The van der Waals surface area contributed by atoms with Crippen LogP contribution in [0.25, 0.3) is 0 Å². The first-order valence-electron chi connectivity index (χ1n) is 7.71. The smallest absolute Gasteiger partial charge is 0.373 e. The maximum Gasteiger partial charge on any atom is 0.512 e. The highest BCUT2D eigenvalue weighted by Crippen LogP contribution is 2.32. The normalized spacial score (nSPS) is 13.0. The summed E-state index contributed by atoms with van der Waals surface area (Å²) in [5.41, 5.74) is 2.45. The molecule has 3 nitrogen and oxygen atoms in total. The largest absolute Gasteiger partial charge is 0.512 e. The number of hydrogen-bond donors (Lipinski definition) is 0. The van der Waals surface area contributed by atoms with Gasteiger partial charge in [0.2, 0.25) is 0 Å². The second kappa shape index (κ2) is 9.15. The Labute approximate surface area is 130 Å². The second-order valence-electron chi connectivity index (χ2n) is 5.03. The standard InChI is InChI=1S/C17H28O3Si/c1-6-18-21(19-7-2,20-8-3)17(14-15(4)5)16-12-10-9-11-13-16/h9-14,17H,6-8H2,1-5H3/t17-/m0/s1. The Morgan fingerprint density at radius 1 is 0.952 bits per heavy atom. The molecule has 0 N–H and O–H groups in total. The fraction of sp³-hybridized carbons (Fsp3) is 0.529. The molecule has 0 aliphatic carbocycles. The van der Waals surface area contributed by atoms with Gasteiger partial charge in [0, 0.05) is 19.8 Å². The van der Waals surface area contributed by atoms with Crippen molar-refractivity contribution < 1.29 is 13.3 Å². The topological polar surface area (TPSA) is 27.7 Å². The number of hydrogen-bond acceptors (Lipinski definition) is 3. The average Bonchev–Trinajstić information content (AvgIpc) is 2.46. The van der Waals surface area contributed by atoms with Crippen LogP contribution in [0.15, 0.2) is 42.0 Å². The summed E-state index contributed by atoms with van der Waals surface area (Å²) in [5, 5.41) is 0. The van der Waals surface area contributed by atoms with Gasteiger partial charge in [-0.05, 0) is 40.2 Å². The van der Waals surface area contributed by atoms with Gasteiger partial charge in [-0.25, -0.2) is 0 Å². The Balaban J connectivity index is 3.31. The maximum absolute atomic E-state index is 6.08. The van der Waals surface area contributed by atoms with Crippen molar-refractivity contribution in [2.24, 2.45) is 0 Å². The Morgan fingerprint density at radius 3 is 1.81 bits per heavy atom. The summed E-state index contributed by atoms with van der Waals surface area (Å²) >= 11 is 0. The molecule has 21 heavy (non-hydrogen) atoms. The lowest BCUT2D eigenvalue weighted by atomic mass is 10.1. The first-order valence-corrected chi connectivity index (χ1v) is 9.51. The van der Waals surface area contributed by atoms with Crippen LogP contribution in [0, 0.1) is 0 Å². The lowest BCUT2D eigenvalue weighted by Crippen LogP contribution is -2.51. The van der Waals surface area contributed by atoms with Crippen LogP contribution in [0.4, 0.5) is 0 Å². The van der Waals surface area contributed by atoms with Crippen LogP contribution in [0.1, 0.15) is 45.7 Å². The molecule has 1 rings (SSSR count). The first-order chi connectivity index (χ1) is 10.1. The molecule has 1 aromatic rings. The minimum atomic E-state index is -2.80. The van der Waals surface area contributed by atoms with Crippen LogP contribution < -0.4 is 0 Å². The molecule has 1 aromatic carbocycles. The summed E-state index contributed by atoms with van der Waals surface area (Å²) in [7, 11) is -2.80. The van der Waals surface area contributed by atoms with Gasteiger partial charge in [0.15, 0.2) is 0 Å². The van der Waals surface area contributed by atoms with E-state index in [0.717, 1.165) is 0 Å². The van der Waals surface area contributed by atoms with Gasteiger partial charge in [0.25, 0.3) is 0 Å². The first kappa shape index (κ1) is 18.1. The van der Waals surface area contributed by atoms with Crippen molar-refractivity contribution in [3.8, 4) is 0 Å². The minimum Gasteiger partial charge on any atom is -0.373 e. The van der Waals surface area contributed by atoms with E-state index in [-0.39, 0.29) is 5.54 Å². The quantitative estimate of drug-likeness (QED) is 0.502. The highest BCUT2D eigenvalue weighted by atomic mass is 28.4. The fourth-order valence-electron chi connectivity index (χ4n) is 2.39. The second-order valence-corrected chi connectivity index (χ2v) is 7.73. The Hall–Kier alpha value is -0.943. The molecular weight excluding hydrogens is 280 g/mol. The van der Waals surface area contributed by atoms with E-state index in [4.69, 9.17) is 13.3 Å². The van der Waals surface area contributed by atoms with E-state index >= 15 is 0 Å². The zero-order chi connectivity index (χ0) is 15.7. The Bertz CT molecular complexity index is 410. The molecule has 0 amide bonds. The number of allylic oxidation sites excluding steroid dienone is 2. The van der Waals surface area contributed by atoms with Gasteiger partial charge in [-0.2, -0.15) is 0 Å². The van der Waals surface area contributed by atoms with Crippen molar-refractivity contribution >= 4 is 8.80 Å². The lowest BCUT2D eigenvalue weighted by molar-refractivity contribution is 0.0659. The third-order valence-electron chi connectivity index (χ3n) is 3.08. The molecule has 0 heterocycles. The molecule has 0 unspecified atom stereocenters. The third-order valence-corrected chi connectivity index (χ3v) is 6.41. The molecule has 0 bridgehead atoms. The molecule has 0 aromatic heterocycles. The summed E-state index contributed by atoms with van der Waals surface area (Å²) in [6.07, 6.45) is 2.21. The van der Waals surface area contributed by atoms with E-state index in [0.29, 0.717) is 19.8 Å².